The second-order valence-corrected chi connectivity index (χ2v) is 10.6. The number of hydrogen-bond acceptors (Lipinski definition) is 0. The van der Waals surface area contributed by atoms with E-state index in [1.807, 2.05) is 0 Å². The van der Waals surface area contributed by atoms with Crippen molar-refractivity contribution in [2.24, 2.45) is 0 Å². The molecule has 0 heterocycles. The third-order valence-corrected chi connectivity index (χ3v) is 5.33. The molecule has 23 heavy (non-hydrogen) atoms. The van der Waals surface area contributed by atoms with E-state index >= 15 is 0 Å². The predicted molar refractivity (Wildman–Crippen MR) is 104 cm³/mol. The molecular weight excluding hydrogens is 464 g/mol. The molecule has 0 aliphatic heterocycles. The van der Waals surface area contributed by atoms with Crippen molar-refractivity contribution in [1.29, 1.82) is 0 Å². The quantitative estimate of drug-likeness (QED) is 0.389. The van der Waals surface area contributed by atoms with Crippen LogP contribution in [0.5, 0.6) is 0 Å². The number of benzene rings is 2. The van der Waals surface area contributed by atoms with Gasteiger partial charge < -0.3 is 0 Å². The molecule has 0 atom stereocenters. The Morgan fingerprint density at radius 2 is 0.609 bits per heavy atom. The van der Waals surface area contributed by atoms with Crippen molar-refractivity contribution in [3.63, 3.8) is 0 Å². The molecule has 2 rings (SSSR count). The predicted octanol–water partition coefficient (Wildman–Crippen LogP) is 8.02. The summed E-state index contributed by atoms with van der Waals surface area (Å²) >= 11 is 48.0. The van der Waals surface area contributed by atoms with Gasteiger partial charge in [0.2, 0.25) is 7.59 Å². The standard InChI is InChI=1S/C15H8Cl8/c16-13(17,9-1-5-11(6-2-9)14(18,19)20)10-3-7-12(8-4-10)15(21,22)23/h1-8H. The summed E-state index contributed by atoms with van der Waals surface area (Å²) in [5.74, 6) is 0. The van der Waals surface area contributed by atoms with Gasteiger partial charge in [-0.05, 0) is 11.1 Å². The highest BCUT2D eigenvalue weighted by atomic mass is 35.6. The van der Waals surface area contributed by atoms with Crippen LogP contribution in [0, 0.1) is 0 Å². The van der Waals surface area contributed by atoms with Gasteiger partial charge in [-0.1, -0.05) is 141 Å². The molecule has 0 radical (unpaired) electrons. The molecular formula is C15H8Cl8. The molecule has 0 aromatic heterocycles. The zero-order valence-corrected chi connectivity index (χ0v) is 17.2. The lowest BCUT2D eigenvalue weighted by Gasteiger charge is -2.22. The smallest absolute Gasteiger partial charge is 0.0909 e. The fourth-order valence-electron chi connectivity index (χ4n) is 1.90. The van der Waals surface area contributed by atoms with Crippen LogP contribution in [0.2, 0.25) is 0 Å². The van der Waals surface area contributed by atoms with E-state index in [1.54, 1.807) is 48.5 Å². The van der Waals surface area contributed by atoms with Crippen LogP contribution in [0.3, 0.4) is 0 Å². The average molecular weight is 472 g/mol. The molecule has 0 aliphatic carbocycles. The third-order valence-electron chi connectivity index (χ3n) is 3.15. The summed E-state index contributed by atoms with van der Waals surface area (Å²) in [7, 11) is 0. The van der Waals surface area contributed by atoms with Gasteiger partial charge in [0.05, 0.1) is 0 Å². The Balaban J connectivity index is 2.34. The first kappa shape index (κ1) is 20.1. The van der Waals surface area contributed by atoms with Crippen molar-refractivity contribution in [3.05, 3.63) is 70.8 Å². The fourth-order valence-corrected chi connectivity index (χ4v) is 3.16. The van der Waals surface area contributed by atoms with Crippen LogP contribution < -0.4 is 0 Å². The van der Waals surface area contributed by atoms with Crippen molar-refractivity contribution < 1.29 is 0 Å². The van der Waals surface area contributed by atoms with Gasteiger partial charge in [0, 0.05) is 11.1 Å². The number of halogens is 8. The highest BCUT2D eigenvalue weighted by Gasteiger charge is 2.31. The Labute approximate surface area is 174 Å². The molecule has 2 aromatic rings. The van der Waals surface area contributed by atoms with E-state index in [-0.39, 0.29) is 0 Å². The van der Waals surface area contributed by atoms with E-state index in [2.05, 4.69) is 0 Å². The average Bonchev–Trinajstić information content (AvgIpc) is 2.46. The Morgan fingerprint density at radius 3 is 0.826 bits per heavy atom. The van der Waals surface area contributed by atoms with E-state index in [0.717, 1.165) is 0 Å². The number of hydrogen-bond donors (Lipinski definition) is 0. The van der Waals surface area contributed by atoms with Gasteiger partial charge >= 0.3 is 0 Å². The number of alkyl halides is 8. The van der Waals surface area contributed by atoms with Crippen LogP contribution in [0.25, 0.3) is 0 Å². The van der Waals surface area contributed by atoms with Crippen LogP contribution in [0.4, 0.5) is 0 Å². The molecule has 0 saturated carbocycles. The molecule has 0 unspecified atom stereocenters. The molecule has 0 saturated heterocycles. The molecule has 124 valence electrons. The molecule has 0 fully saturated rings. The van der Waals surface area contributed by atoms with Crippen molar-refractivity contribution in [2.75, 3.05) is 0 Å². The highest BCUT2D eigenvalue weighted by Crippen LogP contribution is 2.44. The minimum Gasteiger partial charge on any atom is -0.0909 e. The van der Waals surface area contributed by atoms with Gasteiger partial charge in [-0.2, -0.15) is 0 Å². The Bertz CT molecular complexity index is 603. The molecule has 2 aromatic carbocycles. The Hall–Kier alpha value is 0.760. The lowest BCUT2D eigenvalue weighted by Crippen LogP contribution is -2.13. The monoisotopic (exact) mass is 468 g/mol. The Morgan fingerprint density at radius 1 is 0.391 bits per heavy atom. The maximum atomic E-state index is 6.49. The van der Waals surface area contributed by atoms with Crippen molar-refractivity contribution in [2.45, 2.75) is 11.9 Å². The van der Waals surface area contributed by atoms with E-state index in [4.69, 9.17) is 92.8 Å². The minimum atomic E-state index is -1.51. The van der Waals surface area contributed by atoms with Crippen molar-refractivity contribution in [3.8, 4) is 0 Å². The SMILES string of the molecule is ClC(Cl)(Cl)c1ccc(C(Cl)(Cl)c2ccc(C(Cl)(Cl)Cl)cc2)cc1. The van der Waals surface area contributed by atoms with Gasteiger partial charge in [-0.15, -0.1) is 0 Å². The lowest BCUT2D eigenvalue weighted by atomic mass is 10.0. The Kier molecular flexibility index (Phi) is 6.26. The summed E-state index contributed by atoms with van der Waals surface area (Å²) < 4.78 is -4.31. The highest BCUT2D eigenvalue weighted by molar-refractivity contribution is 6.67. The van der Waals surface area contributed by atoms with Gasteiger partial charge in [-0.25, -0.2) is 0 Å². The molecule has 0 spiro atoms. The molecule has 0 amide bonds. The third kappa shape index (κ3) is 4.90. The minimum absolute atomic E-state index is 0.516. The summed E-state index contributed by atoms with van der Waals surface area (Å²) in [5, 5.41) is 0. The van der Waals surface area contributed by atoms with Crippen molar-refractivity contribution >= 4 is 92.8 Å². The fraction of sp³-hybridized carbons (Fsp3) is 0.200. The molecule has 0 aliphatic rings. The van der Waals surface area contributed by atoms with Gasteiger partial charge in [0.25, 0.3) is 0 Å². The van der Waals surface area contributed by atoms with E-state index in [0.29, 0.717) is 22.3 Å². The van der Waals surface area contributed by atoms with Gasteiger partial charge in [0.1, 0.15) is 0 Å². The first-order valence-electron chi connectivity index (χ1n) is 6.15. The maximum Gasteiger partial charge on any atom is 0.216 e. The van der Waals surface area contributed by atoms with Gasteiger partial charge in [-0.3, -0.25) is 0 Å². The molecule has 0 bridgehead atoms. The lowest BCUT2D eigenvalue weighted by molar-refractivity contribution is 1.03. The molecule has 0 nitrogen and oxygen atoms in total. The van der Waals surface area contributed by atoms with Crippen LogP contribution in [0.15, 0.2) is 48.5 Å². The van der Waals surface area contributed by atoms with Crippen molar-refractivity contribution in [1.82, 2.24) is 0 Å². The normalized spacial score (nSPS) is 13.2. The molecule has 8 heteroatoms. The van der Waals surface area contributed by atoms with Crippen LogP contribution in [-0.4, -0.2) is 0 Å². The second-order valence-electron chi connectivity index (χ2n) is 4.72. The van der Waals surface area contributed by atoms with Crippen LogP contribution in [-0.2, 0) is 11.9 Å². The summed E-state index contributed by atoms with van der Waals surface area (Å²) in [4.78, 5) is 0. The summed E-state index contributed by atoms with van der Waals surface area (Å²) in [6.07, 6.45) is 0. The van der Waals surface area contributed by atoms with E-state index in [1.165, 1.54) is 0 Å². The van der Waals surface area contributed by atoms with E-state index < -0.39 is 11.9 Å². The summed E-state index contributed by atoms with van der Waals surface area (Å²) in [5.41, 5.74) is 2.28. The second kappa shape index (κ2) is 7.17. The van der Waals surface area contributed by atoms with Crippen LogP contribution in [0.1, 0.15) is 22.3 Å². The zero-order valence-electron chi connectivity index (χ0n) is 11.1. The topological polar surface area (TPSA) is 0 Å². The first-order chi connectivity index (χ1) is 10.4. The largest absolute Gasteiger partial charge is 0.216 e. The first-order valence-corrected chi connectivity index (χ1v) is 9.18. The molecule has 0 N–H and O–H groups in total. The van der Waals surface area contributed by atoms with Gasteiger partial charge in [0.15, 0.2) is 4.33 Å². The maximum absolute atomic E-state index is 6.49. The summed E-state index contributed by atoms with van der Waals surface area (Å²) in [6.45, 7) is 0. The van der Waals surface area contributed by atoms with E-state index in [9.17, 15) is 0 Å². The van der Waals surface area contributed by atoms with Crippen LogP contribution >= 0.6 is 92.8 Å². The summed E-state index contributed by atoms with van der Waals surface area (Å²) in [6, 6.07) is 13.4. The zero-order chi connectivity index (χ0) is 17.5. The number of rotatable bonds is 2.